The molecule has 3 aromatic heterocycles. The number of nitrogens with zero attached hydrogens (tertiary/aromatic N) is 3. The molecule has 0 aromatic carbocycles. The van der Waals surface area contributed by atoms with E-state index < -0.39 is 30.1 Å². The smallest absolute Gasteiger partial charge is 0.350 e. The van der Waals surface area contributed by atoms with E-state index in [1.807, 2.05) is 0 Å². The number of amides is 1. The van der Waals surface area contributed by atoms with E-state index in [0.717, 1.165) is 22.7 Å². The highest BCUT2D eigenvalue weighted by Crippen LogP contribution is 2.38. The summed E-state index contributed by atoms with van der Waals surface area (Å²) in [5.41, 5.74) is 6.55. The van der Waals surface area contributed by atoms with E-state index in [1.54, 1.807) is 11.8 Å². The van der Waals surface area contributed by atoms with Crippen LogP contribution >= 0.6 is 45.9 Å². The lowest BCUT2D eigenvalue weighted by atomic mass is 10.0. The number of aromatic nitrogens is 3. The van der Waals surface area contributed by atoms with Gasteiger partial charge in [-0.15, -0.1) is 0 Å². The first kappa shape index (κ1) is 27.1. The average molecular weight is 591 g/mol. The molecule has 198 valence electrons. The maximum atomic E-state index is 15.2. The Labute approximate surface area is 228 Å². The van der Waals surface area contributed by atoms with Crippen molar-refractivity contribution in [3.05, 3.63) is 31.2 Å². The predicted molar refractivity (Wildman–Crippen MR) is 139 cm³/mol. The minimum Gasteiger partial charge on any atom is -0.465 e. The van der Waals surface area contributed by atoms with Crippen LogP contribution in [-0.4, -0.2) is 72.3 Å². The highest BCUT2D eigenvalue weighted by molar-refractivity contribution is 7.18. The van der Waals surface area contributed by atoms with Crippen molar-refractivity contribution in [2.75, 3.05) is 37.9 Å². The summed E-state index contributed by atoms with van der Waals surface area (Å²) in [6.45, 7) is 1.88. The second kappa shape index (κ2) is 10.8. The monoisotopic (exact) mass is 590 g/mol. The highest BCUT2D eigenvalue weighted by atomic mass is 35.5. The number of esters is 2. The number of thiazole rings is 2. The van der Waals surface area contributed by atoms with Crippen LogP contribution < -0.4 is 16.0 Å². The fourth-order valence-corrected chi connectivity index (χ4v) is 5.96. The molecule has 1 fully saturated rings. The maximum absolute atomic E-state index is 15.2. The van der Waals surface area contributed by atoms with E-state index in [9.17, 15) is 14.4 Å². The Morgan fingerprint density at radius 1 is 1.11 bits per heavy atom. The van der Waals surface area contributed by atoms with Gasteiger partial charge in [0.25, 0.3) is 5.91 Å². The molecule has 16 heteroatoms. The number of halogens is 3. The van der Waals surface area contributed by atoms with Gasteiger partial charge in [-0.3, -0.25) is 4.79 Å². The number of alkyl halides is 1. The summed E-state index contributed by atoms with van der Waals surface area (Å²) in [5.74, 6) is -1.95. The minimum atomic E-state index is -1.46. The van der Waals surface area contributed by atoms with E-state index in [2.05, 4.69) is 20.3 Å². The molecule has 2 atom stereocenters. The number of aromatic amines is 1. The quantitative estimate of drug-likeness (QED) is 0.364. The molecular formula is C21H21Cl2FN6O5S2. The van der Waals surface area contributed by atoms with Gasteiger partial charge in [0.2, 0.25) is 0 Å². The van der Waals surface area contributed by atoms with Gasteiger partial charge in [0.05, 0.1) is 36.9 Å². The molecule has 1 aliphatic rings. The van der Waals surface area contributed by atoms with Crippen molar-refractivity contribution in [2.24, 2.45) is 0 Å². The zero-order valence-corrected chi connectivity index (χ0v) is 22.8. The topological polar surface area (TPSA) is 153 Å². The van der Waals surface area contributed by atoms with Crippen molar-refractivity contribution in [2.45, 2.75) is 25.6 Å². The van der Waals surface area contributed by atoms with Crippen molar-refractivity contribution >= 4 is 74.0 Å². The van der Waals surface area contributed by atoms with Crippen LogP contribution in [0.15, 0.2) is 0 Å². The lowest BCUT2D eigenvalue weighted by Gasteiger charge is -2.34. The third-order valence-electron chi connectivity index (χ3n) is 5.63. The summed E-state index contributed by atoms with van der Waals surface area (Å²) in [4.78, 5) is 50.6. The lowest BCUT2D eigenvalue weighted by Crippen LogP contribution is -2.52. The SMILES string of the molecule is COC(=O)c1sc(N)nc1-c1nc(N2CC[C@@H](NC(=O)c3[nH]c(C)c(Cl)c3Cl)[C@@H](F)C2)sc1C(=O)OC. The molecule has 3 aromatic rings. The first-order valence-corrected chi connectivity index (χ1v) is 13.1. The number of H-pyrrole nitrogens is 1. The number of hydrogen-bond donors (Lipinski definition) is 3. The van der Waals surface area contributed by atoms with Gasteiger partial charge in [0.15, 0.2) is 10.3 Å². The Bertz CT molecular complexity index is 1380. The predicted octanol–water partition coefficient (Wildman–Crippen LogP) is 3.71. The summed E-state index contributed by atoms with van der Waals surface area (Å²) < 4.78 is 24.9. The van der Waals surface area contributed by atoms with Gasteiger partial charge in [-0.1, -0.05) is 45.9 Å². The number of nitrogens with one attached hydrogen (secondary N) is 2. The Morgan fingerprint density at radius 3 is 2.30 bits per heavy atom. The first-order valence-electron chi connectivity index (χ1n) is 10.7. The fourth-order valence-electron chi connectivity index (χ4n) is 3.77. The Kier molecular flexibility index (Phi) is 7.92. The number of nitrogens with two attached hydrogens (primary N) is 1. The summed E-state index contributed by atoms with van der Waals surface area (Å²) in [6, 6.07) is -0.786. The van der Waals surface area contributed by atoms with Crippen LogP contribution in [0.5, 0.6) is 0 Å². The Balaban J connectivity index is 1.56. The average Bonchev–Trinajstić information content (AvgIpc) is 3.56. The molecule has 1 aliphatic heterocycles. The maximum Gasteiger partial charge on any atom is 0.350 e. The molecule has 4 rings (SSSR count). The number of carbonyl (C=O) groups excluding carboxylic acids is 3. The number of carbonyl (C=O) groups is 3. The third kappa shape index (κ3) is 5.23. The van der Waals surface area contributed by atoms with Crippen molar-refractivity contribution in [3.8, 4) is 11.4 Å². The number of rotatable bonds is 6. The van der Waals surface area contributed by atoms with Crippen LogP contribution in [0, 0.1) is 6.92 Å². The first-order chi connectivity index (χ1) is 17.5. The fraction of sp³-hybridized carbons (Fsp3) is 0.381. The third-order valence-corrected chi connectivity index (χ3v) is 8.54. The largest absolute Gasteiger partial charge is 0.465 e. The van der Waals surface area contributed by atoms with Crippen LogP contribution in [0.4, 0.5) is 14.7 Å². The molecule has 0 saturated carbocycles. The number of hydrogen-bond acceptors (Lipinski definition) is 11. The zero-order valence-electron chi connectivity index (χ0n) is 19.7. The molecule has 4 heterocycles. The zero-order chi connectivity index (χ0) is 27.0. The number of nitrogen functional groups attached to an aromatic ring is 1. The van der Waals surface area contributed by atoms with Crippen LogP contribution in [0.2, 0.25) is 10.0 Å². The van der Waals surface area contributed by atoms with Gasteiger partial charge in [0.1, 0.15) is 33.0 Å². The van der Waals surface area contributed by atoms with Crippen LogP contribution in [0.1, 0.15) is 41.9 Å². The van der Waals surface area contributed by atoms with E-state index in [0.29, 0.717) is 17.4 Å². The number of piperidine rings is 1. The van der Waals surface area contributed by atoms with Gasteiger partial charge in [-0.2, -0.15) is 0 Å². The molecular weight excluding hydrogens is 570 g/mol. The summed E-state index contributed by atoms with van der Waals surface area (Å²) >= 11 is 14.0. The summed E-state index contributed by atoms with van der Waals surface area (Å²) in [5, 5.41) is 3.37. The van der Waals surface area contributed by atoms with E-state index in [4.69, 9.17) is 38.4 Å². The normalized spacial score (nSPS) is 17.5. The van der Waals surface area contributed by atoms with Crippen LogP contribution in [0.3, 0.4) is 0 Å². The number of anilines is 2. The van der Waals surface area contributed by atoms with Crippen molar-refractivity contribution in [3.63, 3.8) is 0 Å². The van der Waals surface area contributed by atoms with E-state index in [1.165, 1.54) is 14.2 Å². The van der Waals surface area contributed by atoms with Gasteiger partial charge >= 0.3 is 11.9 Å². The standard InChI is InChI=1S/C21H21Cl2FN6O5S2/c1-7-10(22)11(23)12(26-7)17(31)27-9-4-5-30(6-8(9)24)21-29-14(16(37-21)19(33)35-3)13-15(18(32)34-2)36-20(25)28-13/h8-9,26H,4-6H2,1-3H3,(H2,25,28)(H,27,31)/t8-,9+/m0/s1. The second-order valence-electron chi connectivity index (χ2n) is 7.97. The number of aryl methyl sites for hydroxylation is 1. The molecule has 0 radical (unpaired) electrons. The van der Waals surface area contributed by atoms with Crippen molar-refractivity contribution < 1.29 is 28.2 Å². The van der Waals surface area contributed by atoms with E-state index in [-0.39, 0.29) is 55.0 Å². The van der Waals surface area contributed by atoms with Gasteiger partial charge in [0, 0.05) is 12.2 Å². The van der Waals surface area contributed by atoms with Crippen molar-refractivity contribution in [1.29, 1.82) is 0 Å². The highest BCUT2D eigenvalue weighted by Gasteiger charge is 2.35. The molecule has 0 unspecified atom stereocenters. The van der Waals surface area contributed by atoms with Crippen LogP contribution in [-0.2, 0) is 9.47 Å². The molecule has 4 N–H and O–H groups in total. The molecule has 1 saturated heterocycles. The van der Waals surface area contributed by atoms with Crippen molar-refractivity contribution in [1.82, 2.24) is 20.3 Å². The molecule has 0 aliphatic carbocycles. The molecule has 37 heavy (non-hydrogen) atoms. The number of ether oxygens (including phenoxy) is 2. The molecule has 0 spiro atoms. The second-order valence-corrected chi connectivity index (χ2v) is 10.7. The summed E-state index contributed by atoms with van der Waals surface area (Å²) in [6.07, 6.45) is -1.21. The lowest BCUT2D eigenvalue weighted by molar-refractivity contribution is 0.0595. The van der Waals surface area contributed by atoms with Gasteiger partial charge in [-0.25, -0.2) is 23.9 Å². The Hall–Kier alpha value is -2.94. The van der Waals surface area contributed by atoms with E-state index >= 15 is 4.39 Å². The summed E-state index contributed by atoms with van der Waals surface area (Å²) in [7, 11) is 2.42. The van der Waals surface area contributed by atoms with Gasteiger partial charge < -0.3 is 30.4 Å². The minimum absolute atomic E-state index is 0.0648. The van der Waals surface area contributed by atoms with Crippen LogP contribution in [0.25, 0.3) is 11.4 Å². The molecule has 1 amide bonds. The molecule has 0 bridgehead atoms. The number of methoxy groups -OCH3 is 2. The Morgan fingerprint density at radius 2 is 1.73 bits per heavy atom. The van der Waals surface area contributed by atoms with Gasteiger partial charge in [-0.05, 0) is 13.3 Å². The molecule has 11 nitrogen and oxygen atoms in total.